The van der Waals surface area contributed by atoms with Crippen LogP contribution in [-0.2, 0) is 11.2 Å². The maximum atomic E-state index is 12.6. The number of nitrogens with zero attached hydrogens (tertiary/aromatic N) is 1. The normalized spacial score (nSPS) is 10.4. The van der Waals surface area contributed by atoms with Crippen LogP contribution in [-0.4, -0.2) is 23.4 Å². The number of benzene rings is 1. The van der Waals surface area contributed by atoms with Crippen LogP contribution in [0, 0.1) is 13.7 Å². The van der Waals surface area contributed by atoms with Crippen molar-refractivity contribution in [3.05, 3.63) is 54.0 Å². The minimum Gasteiger partial charge on any atom is -0.462 e. The molecule has 0 spiro atoms. The molecule has 0 radical (unpaired) electrons. The third kappa shape index (κ3) is 4.54. The SMILES string of the molecule is CCOC(=O)c1cc(CC)sc1NC(=O)c1cc([N+](=O)[O-])ccc1I. The van der Waals surface area contributed by atoms with E-state index in [0.29, 0.717) is 15.0 Å². The number of ether oxygens (including phenoxy) is 1. The molecule has 0 bridgehead atoms. The van der Waals surface area contributed by atoms with Crippen molar-refractivity contribution in [3.63, 3.8) is 0 Å². The van der Waals surface area contributed by atoms with E-state index in [1.807, 2.05) is 29.5 Å². The lowest BCUT2D eigenvalue weighted by Gasteiger charge is -2.07. The number of esters is 1. The van der Waals surface area contributed by atoms with E-state index in [2.05, 4.69) is 5.32 Å². The van der Waals surface area contributed by atoms with Crippen molar-refractivity contribution < 1.29 is 19.2 Å². The van der Waals surface area contributed by atoms with Crippen LogP contribution in [0.4, 0.5) is 10.7 Å². The van der Waals surface area contributed by atoms with Crippen molar-refractivity contribution in [2.75, 3.05) is 11.9 Å². The van der Waals surface area contributed by atoms with Crippen molar-refractivity contribution in [1.29, 1.82) is 0 Å². The first-order valence-corrected chi connectivity index (χ1v) is 9.32. The number of aryl methyl sites for hydroxylation is 1. The van der Waals surface area contributed by atoms with Gasteiger partial charge < -0.3 is 10.1 Å². The zero-order valence-corrected chi connectivity index (χ0v) is 16.5. The Hall–Kier alpha value is -2.01. The van der Waals surface area contributed by atoms with Gasteiger partial charge in [-0.1, -0.05) is 6.92 Å². The van der Waals surface area contributed by atoms with E-state index >= 15 is 0 Å². The second-order valence-corrected chi connectivity index (χ2v) is 7.20. The van der Waals surface area contributed by atoms with Crippen molar-refractivity contribution in [2.45, 2.75) is 20.3 Å². The van der Waals surface area contributed by atoms with Crippen LogP contribution in [0.3, 0.4) is 0 Å². The monoisotopic (exact) mass is 474 g/mol. The summed E-state index contributed by atoms with van der Waals surface area (Å²) in [6.45, 7) is 3.87. The minimum absolute atomic E-state index is 0.170. The number of hydrogen-bond acceptors (Lipinski definition) is 6. The van der Waals surface area contributed by atoms with Crippen LogP contribution in [0.5, 0.6) is 0 Å². The van der Waals surface area contributed by atoms with Crippen molar-refractivity contribution in [1.82, 2.24) is 0 Å². The Balaban J connectivity index is 2.35. The van der Waals surface area contributed by atoms with Gasteiger partial charge in [0.05, 0.1) is 22.7 Å². The molecule has 0 saturated carbocycles. The number of thiophene rings is 1. The van der Waals surface area contributed by atoms with Crippen LogP contribution < -0.4 is 5.32 Å². The Morgan fingerprint density at radius 2 is 2.00 bits per heavy atom. The fourth-order valence-electron chi connectivity index (χ4n) is 2.04. The molecular formula is C16H15IN2O5S. The Morgan fingerprint density at radius 3 is 2.60 bits per heavy atom. The average Bonchev–Trinajstić information content (AvgIpc) is 2.98. The third-order valence-electron chi connectivity index (χ3n) is 3.26. The molecule has 2 aromatic rings. The Morgan fingerprint density at radius 1 is 1.28 bits per heavy atom. The number of non-ortho nitro benzene ring substituents is 1. The zero-order valence-electron chi connectivity index (χ0n) is 13.5. The molecule has 0 unspecified atom stereocenters. The smallest absolute Gasteiger partial charge is 0.341 e. The molecule has 0 saturated heterocycles. The van der Waals surface area contributed by atoms with E-state index in [1.54, 1.807) is 13.0 Å². The van der Waals surface area contributed by atoms with Crippen LogP contribution in [0.1, 0.15) is 39.4 Å². The summed E-state index contributed by atoms with van der Waals surface area (Å²) in [5.41, 5.74) is 0.296. The molecule has 9 heteroatoms. The first-order valence-electron chi connectivity index (χ1n) is 7.42. The van der Waals surface area contributed by atoms with Crippen LogP contribution in [0.2, 0.25) is 0 Å². The number of anilines is 1. The molecule has 0 fully saturated rings. The van der Waals surface area contributed by atoms with Gasteiger partial charge in [-0.3, -0.25) is 14.9 Å². The lowest BCUT2D eigenvalue weighted by atomic mass is 10.2. The number of nitrogens with one attached hydrogen (secondary N) is 1. The molecular weight excluding hydrogens is 459 g/mol. The highest BCUT2D eigenvalue weighted by Crippen LogP contribution is 2.30. The summed E-state index contributed by atoms with van der Waals surface area (Å²) >= 11 is 3.22. The highest BCUT2D eigenvalue weighted by Gasteiger charge is 2.21. The van der Waals surface area contributed by atoms with Gasteiger partial charge in [-0.2, -0.15) is 0 Å². The Labute approximate surface area is 161 Å². The van der Waals surface area contributed by atoms with Gasteiger partial charge in [-0.05, 0) is 48.1 Å². The standard InChI is InChI=1S/C16H15IN2O5S/c1-3-10-8-12(16(21)24-4-2)15(25-10)18-14(20)11-7-9(19(22)23)5-6-13(11)17/h5-8H,3-4H2,1-2H3,(H,18,20). The van der Waals surface area contributed by atoms with Gasteiger partial charge in [0.15, 0.2) is 0 Å². The number of hydrogen-bond donors (Lipinski definition) is 1. The molecule has 1 aromatic heterocycles. The van der Waals surface area contributed by atoms with E-state index in [9.17, 15) is 19.7 Å². The van der Waals surface area contributed by atoms with Crippen LogP contribution in [0.25, 0.3) is 0 Å². The van der Waals surface area contributed by atoms with Gasteiger partial charge in [-0.25, -0.2) is 4.79 Å². The summed E-state index contributed by atoms with van der Waals surface area (Å²) in [7, 11) is 0. The maximum Gasteiger partial charge on any atom is 0.341 e. The zero-order chi connectivity index (χ0) is 18.6. The van der Waals surface area contributed by atoms with Crippen LogP contribution >= 0.6 is 33.9 Å². The lowest BCUT2D eigenvalue weighted by molar-refractivity contribution is -0.384. The van der Waals surface area contributed by atoms with Gasteiger partial charge in [0.25, 0.3) is 11.6 Å². The first kappa shape index (κ1) is 19.3. The predicted octanol–water partition coefficient (Wildman–Crippen LogP) is 4.25. The fraction of sp³-hybridized carbons (Fsp3) is 0.250. The number of carbonyl (C=O) groups excluding carboxylic acids is 2. The molecule has 132 valence electrons. The van der Waals surface area contributed by atoms with Gasteiger partial charge in [0.2, 0.25) is 0 Å². The van der Waals surface area contributed by atoms with E-state index < -0.39 is 16.8 Å². The number of nitro benzene ring substituents is 1. The molecule has 1 N–H and O–H groups in total. The molecule has 1 amide bonds. The van der Waals surface area contributed by atoms with Gasteiger partial charge >= 0.3 is 5.97 Å². The van der Waals surface area contributed by atoms with Crippen molar-refractivity contribution in [2.24, 2.45) is 0 Å². The molecule has 0 atom stereocenters. The summed E-state index contributed by atoms with van der Waals surface area (Å²) in [6, 6.07) is 5.75. The molecule has 25 heavy (non-hydrogen) atoms. The highest BCUT2D eigenvalue weighted by molar-refractivity contribution is 14.1. The second kappa shape index (κ2) is 8.39. The molecule has 0 aliphatic rings. The average molecular weight is 474 g/mol. The molecule has 2 rings (SSSR count). The first-order chi connectivity index (χ1) is 11.9. The van der Waals surface area contributed by atoms with Gasteiger partial charge in [0, 0.05) is 20.6 Å². The highest BCUT2D eigenvalue weighted by atomic mass is 127. The minimum atomic E-state index is -0.558. The largest absolute Gasteiger partial charge is 0.462 e. The summed E-state index contributed by atoms with van der Waals surface area (Å²) in [5.74, 6) is -1.02. The summed E-state index contributed by atoms with van der Waals surface area (Å²) < 4.78 is 5.59. The summed E-state index contributed by atoms with van der Waals surface area (Å²) in [5, 5.41) is 14.0. The molecule has 0 aliphatic heterocycles. The summed E-state index contributed by atoms with van der Waals surface area (Å²) in [4.78, 5) is 35.9. The van der Waals surface area contributed by atoms with E-state index in [0.717, 1.165) is 4.88 Å². The number of nitro groups is 1. The maximum absolute atomic E-state index is 12.6. The van der Waals surface area contributed by atoms with E-state index in [1.165, 1.54) is 29.5 Å². The van der Waals surface area contributed by atoms with Crippen molar-refractivity contribution >= 4 is 56.5 Å². The lowest BCUT2D eigenvalue weighted by Crippen LogP contribution is -2.15. The van der Waals surface area contributed by atoms with Crippen molar-refractivity contribution in [3.8, 4) is 0 Å². The van der Waals surface area contributed by atoms with Gasteiger partial charge in [0.1, 0.15) is 5.00 Å². The fourth-order valence-corrected chi connectivity index (χ4v) is 3.60. The number of carbonyl (C=O) groups is 2. The molecule has 1 heterocycles. The topological polar surface area (TPSA) is 98.5 Å². The molecule has 7 nitrogen and oxygen atoms in total. The number of halogens is 1. The molecule has 0 aliphatic carbocycles. The number of amides is 1. The van der Waals surface area contributed by atoms with E-state index in [4.69, 9.17) is 4.74 Å². The molecule has 1 aromatic carbocycles. The third-order valence-corrected chi connectivity index (χ3v) is 5.39. The summed E-state index contributed by atoms with van der Waals surface area (Å²) in [6.07, 6.45) is 0.710. The second-order valence-electron chi connectivity index (χ2n) is 4.90. The quantitative estimate of drug-likeness (QED) is 0.292. The number of rotatable bonds is 6. The van der Waals surface area contributed by atoms with Gasteiger partial charge in [-0.15, -0.1) is 11.3 Å². The predicted molar refractivity (Wildman–Crippen MR) is 103 cm³/mol. The Bertz CT molecular complexity index is 834. The van der Waals surface area contributed by atoms with E-state index in [-0.39, 0.29) is 23.4 Å². The Kier molecular flexibility index (Phi) is 6.48. The van der Waals surface area contributed by atoms with Crippen LogP contribution in [0.15, 0.2) is 24.3 Å².